The minimum Gasteiger partial charge on any atom is -0.497 e. The molecule has 6 heteroatoms. The smallest absolute Gasteiger partial charge is 0.255 e. The van der Waals surface area contributed by atoms with Crippen molar-refractivity contribution in [3.05, 3.63) is 101 Å². The lowest BCUT2D eigenvalue weighted by Gasteiger charge is -2.43. The predicted molar refractivity (Wildman–Crippen MR) is 136 cm³/mol. The summed E-state index contributed by atoms with van der Waals surface area (Å²) >= 11 is 0. The van der Waals surface area contributed by atoms with Crippen LogP contribution in [0.2, 0.25) is 0 Å². The first-order chi connectivity index (χ1) is 17.6. The van der Waals surface area contributed by atoms with Crippen molar-refractivity contribution in [2.24, 2.45) is 0 Å². The highest BCUT2D eigenvalue weighted by Crippen LogP contribution is 2.45. The third-order valence-corrected chi connectivity index (χ3v) is 7.35. The zero-order valence-corrected chi connectivity index (χ0v) is 20.5. The highest BCUT2D eigenvalue weighted by Gasteiger charge is 2.45. The molecule has 1 saturated heterocycles. The summed E-state index contributed by atoms with van der Waals surface area (Å²) in [6.45, 7) is 1.74. The first kappa shape index (κ1) is 24.0. The molecule has 1 fully saturated rings. The largest absolute Gasteiger partial charge is 0.497 e. The second-order valence-electron chi connectivity index (χ2n) is 9.58. The Morgan fingerprint density at radius 3 is 2.25 bits per heavy atom. The fourth-order valence-electron chi connectivity index (χ4n) is 5.48. The van der Waals surface area contributed by atoms with E-state index in [2.05, 4.69) is 0 Å². The molecule has 0 radical (unpaired) electrons. The van der Waals surface area contributed by atoms with Gasteiger partial charge in [-0.05, 0) is 59.9 Å². The Morgan fingerprint density at radius 1 is 0.917 bits per heavy atom. The summed E-state index contributed by atoms with van der Waals surface area (Å²) in [6, 6.07) is 20.8. The molecular formula is C30H31FN2O3. The number of benzene rings is 3. The van der Waals surface area contributed by atoms with Crippen LogP contribution in [0.3, 0.4) is 0 Å². The van der Waals surface area contributed by atoms with Crippen LogP contribution in [0.4, 0.5) is 4.39 Å². The Balaban J connectivity index is 1.63. The van der Waals surface area contributed by atoms with Crippen LogP contribution in [0.5, 0.6) is 5.75 Å². The van der Waals surface area contributed by atoms with E-state index in [9.17, 15) is 14.0 Å². The van der Waals surface area contributed by atoms with Crippen LogP contribution >= 0.6 is 0 Å². The lowest BCUT2D eigenvalue weighted by atomic mass is 9.78. The third-order valence-electron chi connectivity index (χ3n) is 7.35. The number of amides is 2. The van der Waals surface area contributed by atoms with Gasteiger partial charge in [0.15, 0.2) is 0 Å². The number of methoxy groups -OCH3 is 1. The summed E-state index contributed by atoms with van der Waals surface area (Å²) < 4.78 is 19.0. The highest BCUT2D eigenvalue weighted by atomic mass is 19.1. The van der Waals surface area contributed by atoms with Crippen LogP contribution in [0, 0.1) is 5.82 Å². The molecule has 0 spiro atoms. The van der Waals surface area contributed by atoms with Crippen LogP contribution in [0.25, 0.3) is 0 Å². The molecule has 2 aliphatic heterocycles. The van der Waals surface area contributed by atoms with E-state index in [1.54, 1.807) is 24.1 Å². The average Bonchev–Trinajstić information content (AvgIpc) is 3.21. The van der Waals surface area contributed by atoms with Crippen molar-refractivity contribution < 1.29 is 18.7 Å². The zero-order chi connectivity index (χ0) is 25.1. The Labute approximate surface area is 211 Å². The molecule has 5 rings (SSSR count). The molecule has 36 heavy (non-hydrogen) atoms. The Kier molecular flexibility index (Phi) is 7.03. The van der Waals surface area contributed by atoms with Crippen LogP contribution in [0.15, 0.2) is 72.8 Å². The number of fused-ring (bicyclic) bond motifs is 1. The van der Waals surface area contributed by atoms with Crippen molar-refractivity contribution in [2.75, 3.05) is 20.2 Å². The second-order valence-corrected chi connectivity index (χ2v) is 9.58. The van der Waals surface area contributed by atoms with Gasteiger partial charge < -0.3 is 14.5 Å². The van der Waals surface area contributed by atoms with E-state index in [4.69, 9.17) is 4.74 Å². The summed E-state index contributed by atoms with van der Waals surface area (Å²) in [5.74, 6) is -0.222. The predicted octanol–water partition coefficient (Wildman–Crippen LogP) is 5.72. The molecule has 0 aromatic heterocycles. The maximum absolute atomic E-state index is 14.2. The van der Waals surface area contributed by atoms with Crippen LogP contribution in [0.1, 0.15) is 64.7 Å². The van der Waals surface area contributed by atoms with E-state index in [0.717, 1.165) is 55.5 Å². The maximum Gasteiger partial charge on any atom is 0.255 e. The number of nitrogens with zero attached hydrogens (tertiary/aromatic N) is 2. The van der Waals surface area contributed by atoms with Gasteiger partial charge in [-0.25, -0.2) is 4.39 Å². The number of rotatable bonds is 5. The van der Waals surface area contributed by atoms with Gasteiger partial charge in [0.2, 0.25) is 5.91 Å². The van der Waals surface area contributed by atoms with E-state index < -0.39 is 12.0 Å². The Hall–Kier alpha value is -3.67. The van der Waals surface area contributed by atoms with E-state index in [0.29, 0.717) is 11.3 Å². The molecule has 0 N–H and O–H groups in total. The molecule has 0 saturated carbocycles. The van der Waals surface area contributed by atoms with Gasteiger partial charge >= 0.3 is 0 Å². The Morgan fingerprint density at radius 2 is 1.58 bits per heavy atom. The quantitative estimate of drug-likeness (QED) is 0.464. The SMILES string of the molecule is COc1ccc([C@@H]2[C@@H](C(=O)N3CCCCCC3)c3ccccc3C(=O)N2Cc2ccc(F)cc2)cc1. The van der Waals surface area contributed by atoms with Gasteiger partial charge in [0.1, 0.15) is 11.6 Å². The summed E-state index contributed by atoms with van der Waals surface area (Å²) in [7, 11) is 1.61. The first-order valence-corrected chi connectivity index (χ1v) is 12.6. The van der Waals surface area contributed by atoms with E-state index in [-0.39, 0.29) is 24.2 Å². The van der Waals surface area contributed by atoms with Gasteiger partial charge in [0.25, 0.3) is 5.91 Å². The van der Waals surface area contributed by atoms with Crippen LogP contribution in [-0.2, 0) is 11.3 Å². The standard InChI is InChI=1S/C30H31FN2O3/c1-36-24-16-12-22(13-17-24)28-27(30(35)32-18-6-2-3-7-19-32)25-8-4-5-9-26(25)29(34)33(28)20-21-10-14-23(31)15-11-21/h4-5,8-17,27-28H,2-3,6-7,18-20H2,1H3/t27-,28+/m0/s1. The molecular weight excluding hydrogens is 455 g/mol. The van der Waals surface area contributed by atoms with E-state index in [1.165, 1.54) is 12.1 Å². The highest BCUT2D eigenvalue weighted by molar-refractivity contribution is 6.01. The fourth-order valence-corrected chi connectivity index (χ4v) is 5.48. The summed E-state index contributed by atoms with van der Waals surface area (Å²) in [6.07, 6.45) is 4.24. The maximum atomic E-state index is 14.2. The van der Waals surface area contributed by atoms with Crippen molar-refractivity contribution in [3.8, 4) is 5.75 Å². The molecule has 2 aliphatic rings. The number of carbonyl (C=O) groups is 2. The van der Waals surface area contributed by atoms with Gasteiger partial charge in [-0.3, -0.25) is 9.59 Å². The Bertz CT molecular complexity index is 1220. The lowest BCUT2D eigenvalue weighted by molar-refractivity contribution is -0.134. The average molecular weight is 487 g/mol. The molecule has 0 unspecified atom stereocenters. The molecule has 3 aromatic carbocycles. The van der Waals surface area contributed by atoms with Crippen molar-refractivity contribution in [2.45, 2.75) is 44.2 Å². The van der Waals surface area contributed by atoms with Gasteiger partial charge in [-0.1, -0.05) is 55.3 Å². The monoisotopic (exact) mass is 486 g/mol. The zero-order valence-electron chi connectivity index (χ0n) is 20.5. The molecule has 0 aliphatic carbocycles. The van der Waals surface area contributed by atoms with Crippen molar-refractivity contribution in [1.29, 1.82) is 0 Å². The number of ether oxygens (including phenoxy) is 1. The minimum atomic E-state index is -0.536. The van der Waals surface area contributed by atoms with Crippen molar-refractivity contribution in [1.82, 2.24) is 9.80 Å². The number of hydrogen-bond acceptors (Lipinski definition) is 3. The lowest BCUT2D eigenvalue weighted by Crippen LogP contribution is -2.48. The number of hydrogen-bond donors (Lipinski definition) is 0. The normalized spacial score (nSPS) is 20.0. The van der Waals surface area contributed by atoms with E-state index in [1.807, 2.05) is 53.4 Å². The van der Waals surface area contributed by atoms with Gasteiger partial charge in [0.05, 0.1) is 19.1 Å². The van der Waals surface area contributed by atoms with Crippen LogP contribution < -0.4 is 4.74 Å². The molecule has 2 atom stereocenters. The topological polar surface area (TPSA) is 49.9 Å². The molecule has 0 bridgehead atoms. The minimum absolute atomic E-state index is 0.0572. The third kappa shape index (κ3) is 4.72. The number of halogens is 1. The molecule has 186 valence electrons. The molecule has 5 nitrogen and oxygen atoms in total. The van der Waals surface area contributed by atoms with Gasteiger partial charge in [-0.15, -0.1) is 0 Å². The molecule has 3 aromatic rings. The van der Waals surface area contributed by atoms with Crippen molar-refractivity contribution >= 4 is 11.8 Å². The second kappa shape index (κ2) is 10.5. The summed E-state index contributed by atoms with van der Waals surface area (Å²) in [5, 5.41) is 0. The van der Waals surface area contributed by atoms with Gasteiger partial charge in [-0.2, -0.15) is 0 Å². The van der Waals surface area contributed by atoms with Crippen molar-refractivity contribution in [3.63, 3.8) is 0 Å². The van der Waals surface area contributed by atoms with E-state index >= 15 is 0 Å². The summed E-state index contributed by atoms with van der Waals surface area (Å²) in [5.41, 5.74) is 3.00. The van der Waals surface area contributed by atoms with Crippen LogP contribution in [-0.4, -0.2) is 41.8 Å². The molecule has 2 amide bonds. The number of carbonyl (C=O) groups excluding carboxylic acids is 2. The molecule has 2 heterocycles. The first-order valence-electron chi connectivity index (χ1n) is 12.6. The summed E-state index contributed by atoms with van der Waals surface area (Å²) in [4.78, 5) is 31.9. The number of likely N-dealkylation sites (tertiary alicyclic amines) is 1. The fraction of sp³-hybridized carbons (Fsp3) is 0.333. The van der Waals surface area contributed by atoms with Gasteiger partial charge in [0, 0.05) is 25.2 Å².